The third-order valence-corrected chi connectivity index (χ3v) is 3.78. The zero-order chi connectivity index (χ0) is 20.1. The SMILES string of the molecule is O=C(NCC(O)COc1cccc(C(F)(F)F)c1)c1cnc2ccccc2n1. The fourth-order valence-corrected chi connectivity index (χ4v) is 2.38. The fraction of sp³-hybridized carbons (Fsp3) is 0.211. The molecule has 1 heterocycles. The van der Waals surface area contributed by atoms with E-state index in [0.29, 0.717) is 11.0 Å². The highest BCUT2D eigenvalue weighted by Crippen LogP contribution is 2.31. The molecule has 0 aliphatic heterocycles. The second kappa shape index (κ2) is 8.22. The molecule has 3 aromatic rings. The number of nitrogens with one attached hydrogen (secondary N) is 1. The smallest absolute Gasteiger partial charge is 0.416 e. The summed E-state index contributed by atoms with van der Waals surface area (Å²) in [6.45, 7) is -0.447. The van der Waals surface area contributed by atoms with E-state index >= 15 is 0 Å². The van der Waals surface area contributed by atoms with Crippen LogP contribution in [0, 0.1) is 0 Å². The Hall–Kier alpha value is -3.20. The monoisotopic (exact) mass is 391 g/mol. The van der Waals surface area contributed by atoms with Crippen molar-refractivity contribution in [2.75, 3.05) is 13.2 Å². The van der Waals surface area contributed by atoms with E-state index in [2.05, 4.69) is 15.3 Å². The molecule has 2 aromatic carbocycles. The largest absolute Gasteiger partial charge is 0.491 e. The molecule has 9 heteroatoms. The van der Waals surface area contributed by atoms with Crippen LogP contribution < -0.4 is 10.1 Å². The average Bonchev–Trinajstić information content (AvgIpc) is 2.69. The zero-order valence-electron chi connectivity index (χ0n) is 14.5. The molecule has 0 bridgehead atoms. The van der Waals surface area contributed by atoms with Crippen LogP contribution in [0.15, 0.2) is 54.7 Å². The van der Waals surface area contributed by atoms with Gasteiger partial charge in [-0.25, -0.2) is 4.98 Å². The molecule has 0 saturated carbocycles. The Bertz CT molecular complexity index is 979. The highest BCUT2D eigenvalue weighted by Gasteiger charge is 2.30. The first-order chi connectivity index (χ1) is 13.3. The zero-order valence-corrected chi connectivity index (χ0v) is 14.5. The number of carbonyl (C=O) groups excluding carboxylic acids is 1. The molecule has 2 N–H and O–H groups in total. The molecule has 146 valence electrons. The number of hydrogen-bond donors (Lipinski definition) is 2. The molecule has 0 saturated heterocycles. The first-order valence-electron chi connectivity index (χ1n) is 8.31. The molecular formula is C19H16F3N3O3. The minimum atomic E-state index is -4.48. The van der Waals surface area contributed by atoms with Gasteiger partial charge in [-0.2, -0.15) is 13.2 Å². The van der Waals surface area contributed by atoms with Crippen molar-refractivity contribution in [2.45, 2.75) is 12.3 Å². The summed E-state index contributed by atoms with van der Waals surface area (Å²) in [5, 5.41) is 12.4. The molecule has 6 nitrogen and oxygen atoms in total. The molecule has 1 unspecified atom stereocenters. The van der Waals surface area contributed by atoms with Crippen molar-refractivity contribution < 1.29 is 27.8 Å². The minimum Gasteiger partial charge on any atom is -0.491 e. The Morgan fingerprint density at radius 3 is 2.64 bits per heavy atom. The van der Waals surface area contributed by atoms with Crippen LogP contribution in [0.5, 0.6) is 5.75 Å². The van der Waals surface area contributed by atoms with Crippen molar-refractivity contribution in [3.63, 3.8) is 0 Å². The predicted molar refractivity (Wildman–Crippen MR) is 94.8 cm³/mol. The average molecular weight is 391 g/mol. The molecule has 1 atom stereocenters. The number of benzene rings is 2. The van der Waals surface area contributed by atoms with Crippen molar-refractivity contribution in [1.82, 2.24) is 15.3 Å². The standard InChI is InChI=1S/C19H16F3N3O3/c20-19(21,22)12-4-3-5-14(8-12)28-11-13(26)9-24-18(27)17-10-23-15-6-1-2-7-16(15)25-17/h1-8,10,13,26H,9,11H2,(H,24,27). The number of fused-ring (bicyclic) bond motifs is 1. The maximum absolute atomic E-state index is 12.7. The van der Waals surface area contributed by atoms with Crippen molar-refractivity contribution >= 4 is 16.9 Å². The van der Waals surface area contributed by atoms with Gasteiger partial charge in [0.25, 0.3) is 5.91 Å². The van der Waals surface area contributed by atoms with Crippen molar-refractivity contribution in [2.24, 2.45) is 0 Å². The number of aliphatic hydroxyl groups excluding tert-OH is 1. The normalized spacial score (nSPS) is 12.6. The van der Waals surface area contributed by atoms with Crippen LogP contribution in [-0.4, -0.2) is 40.2 Å². The highest BCUT2D eigenvalue weighted by atomic mass is 19.4. The molecule has 1 aromatic heterocycles. The number of nitrogens with zero attached hydrogens (tertiary/aromatic N) is 2. The minimum absolute atomic E-state index is 0.0272. The predicted octanol–water partition coefficient (Wildman–Crippen LogP) is 2.82. The number of carbonyl (C=O) groups is 1. The van der Waals surface area contributed by atoms with E-state index in [4.69, 9.17) is 4.74 Å². The number of alkyl halides is 3. The van der Waals surface area contributed by atoms with Gasteiger partial charge in [-0.1, -0.05) is 18.2 Å². The lowest BCUT2D eigenvalue weighted by Gasteiger charge is -2.14. The lowest BCUT2D eigenvalue weighted by molar-refractivity contribution is -0.137. The Kier molecular flexibility index (Phi) is 5.74. The van der Waals surface area contributed by atoms with E-state index in [1.165, 1.54) is 18.3 Å². The maximum Gasteiger partial charge on any atom is 0.416 e. The number of halogens is 3. The molecule has 0 radical (unpaired) electrons. The second-order valence-corrected chi connectivity index (χ2v) is 5.94. The molecular weight excluding hydrogens is 375 g/mol. The summed E-state index contributed by atoms with van der Waals surface area (Å²) in [6, 6.07) is 11.4. The first-order valence-corrected chi connectivity index (χ1v) is 8.31. The van der Waals surface area contributed by atoms with E-state index in [1.54, 1.807) is 24.3 Å². The van der Waals surface area contributed by atoms with Gasteiger partial charge in [-0.3, -0.25) is 9.78 Å². The van der Waals surface area contributed by atoms with Gasteiger partial charge in [0.05, 0.1) is 22.8 Å². The van der Waals surface area contributed by atoms with Gasteiger partial charge >= 0.3 is 6.18 Å². The quantitative estimate of drug-likeness (QED) is 0.675. The number of para-hydroxylation sites is 2. The molecule has 1 amide bonds. The van der Waals surface area contributed by atoms with Crippen molar-refractivity contribution in [1.29, 1.82) is 0 Å². The van der Waals surface area contributed by atoms with E-state index in [-0.39, 0.29) is 24.6 Å². The van der Waals surface area contributed by atoms with Gasteiger partial charge in [0, 0.05) is 6.54 Å². The lowest BCUT2D eigenvalue weighted by atomic mass is 10.2. The third kappa shape index (κ3) is 4.95. The van der Waals surface area contributed by atoms with Gasteiger partial charge in [0.15, 0.2) is 0 Å². The number of amides is 1. The molecule has 3 rings (SSSR count). The Morgan fingerprint density at radius 1 is 1.14 bits per heavy atom. The van der Waals surface area contributed by atoms with Crippen LogP contribution in [0.2, 0.25) is 0 Å². The summed E-state index contributed by atoms with van der Waals surface area (Å²) in [7, 11) is 0. The van der Waals surface area contributed by atoms with E-state index < -0.39 is 23.8 Å². The number of rotatable bonds is 6. The van der Waals surface area contributed by atoms with Crippen LogP contribution in [0.4, 0.5) is 13.2 Å². The van der Waals surface area contributed by atoms with Crippen LogP contribution in [0.3, 0.4) is 0 Å². The third-order valence-electron chi connectivity index (χ3n) is 3.78. The van der Waals surface area contributed by atoms with Gasteiger partial charge in [-0.15, -0.1) is 0 Å². The summed E-state index contributed by atoms with van der Waals surface area (Å²) in [5.74, 6) is -0.558. The Morgan fingerprint density at radius 2 is 1.89 bits per heavy atom. The van der Waals surface area contributed by atoms with Gasteiger partial charge in [-0.05, 0) is 30.3 Å². The first kappa shape index (κ1) is 19.6. The molecule has 0 fully saturated rings. The number of aliphatic hydroxyl groups is 1. The lowest BCUT2D eigenvalue weighted by Crippen LogP contribution is -2.35. The van der Waals surface area contributed by atoms with Crippen molar-refractivity contribution in [3.05, 3.63) is 66.0 Å². The number of ether oxygens (including phenoxy) is 1. The van der Waals surface area contributed by atoms with Crippen LogP contribution >= 0.6 is 0 Å². The summed E-state index contributed by atoms with van der Waals surface area (Å²) in [6.07, 6.45) is -4.28. The van der Waals surface area contributed by atoms with Gasteiger partial charge in [0.1, 0.15) is 24.2 Å². The topological polar surface area (TPSA) is 84.3 Å². The molecule has 28 heavy (non-hydrogen) atoms. The Labute approximate surface area is 158 Å². The van der Waals surface area contributed by atoms with Gasteiger partial charge in [0.2, 0.25) is 0 Å². The number of aromatic nitrogens is 2. The maximum atomic E-state index is 12.7. The summed E-state index contributed by atoms with van der Waals surface area (Å²) in [4.78, 5) is 20.4. The van der Waals surface area contributed by atoms with E-state index in [9.17, 15) is 23.1 Å². The van der Waals surface area contributed by atoms with Crippen LogP contribution in [0.25, 0.3) is 11.0 Å². The second-order valence-electron chi connectivity index (χ2n) is 5.94. The highest BCUT2D eigenvalue weighted by molar-refractivity contribution is 5.93. The number of hydrogen-bond acceptors (Lipinski definition) is 5. The van der Waals surface area contributed by atoms with Gasteiger partial charge < -0.3 is 15.2 Å². The van der Waals surface area contributed by atoms with Crippen LogP contribution in [0.1, 0.15) is 16.1 Å². The molecule has 0 aliphatic rings. The molecule has 0 aliphatic carbocycles. The summed E-state index contributed by atoms with van der Waals surface area (Å²) < 4.78 is 43.2. The van der Waals surface area contributed by atoms with Crippen LogP contribution in [-0.2, 0) is 6.18 Å². The van der Waals surface area contributed by atoms with E-state index in [1.807, 2.05) is 0 Å². The van der Waals surface area contributed by atoms with Crippen molar-refractivity contribution in [3.8, 4) is 5.75 Å². The molecule has 0 spiro atoms. The summed E-state index contributed by atoms with van der Waals surface area (Å²) >= 11 is 0. The van der Waals surface area contributed by atoms with E-state index in [0.717, 1.165) is 12.1 Å². The summed E-state index contributed by atoms with van der Waals surface area (Å²) in [5.41, 5.74) is 0.449. The fourth-order valence-electron chi connectivity index (χ4n) is 2.38. The Balaban J connectivity index is 1.52.